The van der Waals surface area contributed by atoms with Crippen LogP contribution >= 0.6 is 11.3 Å². The highest BCUT2D eigenvalue weighted by Crippen LogP contribution is 2.13. The van der Waals surface area contributed by atoms with Crippen LogP contribution in [0.25, 0.3) is 0 Å². The molecule has 2 aromatic heterocycles. The lowest BCUT2D eigenvalue weighted by molar-refractivity contribution is 0.260. The lowest BCUT2D eigenvalue weighted by Gasteiger charge is -2.35. The van der Waals surface area contributed by atoms with Crippen molar-refractivity contribution >= 4 is 27.3 Å². The standard InChI is InChI=1S/C16H24N6O3S2/c1-13-11-19-15(26-13)3-5-18-16(17-2)21-6-8-22(9-7-21)27(23,24)12-14-4-10-25-20-14/h4,10-11H,3,5-9,12H2,1-2H3,(H,17,18). The van der Waals surface area contributed by atoms with Gasteiger partial charge in [-0.1, -0.05) is 5.16 Å². The van der Waals surface area contributed by atoms with E-state index in [1.807, 2.05) is 13.1 Å². The Labute approximate surface area is 163 Å². The third-order valence-corrected chi connectivity index (χ3v) is 7.04. The smallest absolute Gasteiger partial charge is 0.220 e. The van der Waals surface area contributed by atoms with Crippen molar-refractivity contribution in [1.82, 2.24) is 24.7 Å². The van der Waals surface area contributed by atoms with Gasteiger partial charge in [0.25, 0.3) is 0 Å². The van der Waals surface area contributed by atoms with Crippen LogP contribution in [0.4, 0.5) is 0 Å². The Morgan fingerprint density at radius 1 is 1.37 bits per heavy atom. The molecule has 3 rings (SSSR count). The molecule has 0 spiro atoms. The van der Waals surface area contributed by atoms with Gasteiger partial charge in [0.05, 0.1) is 10.7 Å². The molecule has 0 saturated carbocycles. The molecule has 1 aliphatic rings. The summed E-state index contributed by atoms with van der Waals surface area (Å²) < 4.78 is 31.2. The van der Waals surface area contributed by atoms with Crippen molar-refractivity contribution in [3.8, 4) is 0 Å². The Morgan fingerprint density at radius 2 is 2.15 bits per heavy atom. The third-order valence-electron chi connectivity index (χ3n) is 4.26. The highest BCUT2D eigenvalue weighted by atomic mass is 32.2. The normalized spacial score (nSPS) is 16.7. The summed E-state index contributed by atoms with van der Waals surface area (Å²) in [4.78, 5) is 12.0. The molecule has 1 aliphatic heterocycles. The predicted octanol–water partition coefficient (Wildman–Crippen LogP) is 0.705. The van der Waals surface area contributed by atoms with Crippen LogP contribution in [-0.4, -0.2) is 73.5 Å². The molecule has 1 saturated heterocycles. The van der Waals surface area contributed by atoms with E-state index in [2.05, 4.69) is 25.3 Å². The number of hydrogen-bond acceptors (Lipinski definition) is 7. The maximum absolute atomic E-state index is 12.5. The first-order valence-electron chi connectivity index (χ1n) is 8.72. The number of thiazole rings is 1. The van der Waals surface area contributed by atoms with Gasteiger partial charge in [-0.2, -0.15) is 4.31 Å². The SMILES string of the molecule is CN=C(NCCc1ncc(C)s1)N1CCN(S(=O)(=O)Cc2ccon2)CC1. The fourth-order valence-corrected chi connectivity index (χ4v) is 5.11. The fraction of sp³-hybridized carbons (Fsp3) is 0.562. The number of hydrogen-bond donors (Lipinski definition) is 1. The molecule has 0 bridgehead atoms. The molecule has 0 aromatic carbocycles. The maximum atomic E-state index is 12.5. The lowest BCUT2D eigenvalue weighted by atomic mass is 10.4. The molecule has 0 atom stereocenters. The van der Waals surface area contributed by atoms with Crippen molar-refractivity contribution in [2.75, 3.05) is 39.8 Å². The number of rotatable bonds is 6. The number of aromatic nitrogens is 2. The largest absolute Gasteiger partial charge is 0.364 e. The van der Waals surface area contributed by atoms with Crippen LogP contribution in [0, 0.1) is 6.92 Å². The predicted molar refractivity (Wildman–Crippen MR) is 104 cm³/mol. The van der Waals surface area contributed by atoms with E-state index >= 15 is 0 Å². The van der Waals surface area contributed by atoms with Crippen molar-refractivity contribution in [3.63, 3.8) is 0 Å². The number of nitrogens with zero attached hydrogens (tertiary/aromatic N) is 5. The first-order valence-corrected chi connectivity index (χ1v) is 11.1. The molecular formula is C16H24N6O3S2. The summed E-state index contributed by atoms with van der Waals surface area (Å²) in [6, 6.07) is 1.57. The monoisotopic (exact) mass is 412 g/mol. The summed E-state index contributed by atoms with van der Waals surface area (Å²) in [5, 5.41) is 8.12. The first kappa shape index (κ1) is 19.8. The zero-order valence-electron chi connectivity index (χ0n) is 15.5. The van der Waals surface area contributed by atoms with Gasteiger partial charge in [-0.05, 0) is 6.92 Å². The molecule has 0 unspecified atom stereocenters. The van der Waals surface area contributed by atoms with Gasteiger partial charge in [0.2, 0.25) is 10.0 Å². The average Bonchev–Trinajstić information content (AvgIpc) is 3.30. The van der Waals surface area contributed by atoms with Crippen molar-refractivity contribution in [3.05, 3.63) is 34.1 Å². The molecule has 0 amide bonds. The minimum absolute atomic E-state index is 0.135. The summed E-state index contributed by atoms with van der Waals surface area (Å²) in [5.74, 6) is 0.654. The molecule has 1 N–H and O–H groups in total. The van der Waals surface area contributed by atoms with E-state index in [-0.39, 0.29) is 5.75 Å². The van der Waals surface area contributed by atoms with Crippen molar-refractivity contribution in [2.45, 2.75) is 19.1 Å². The summed E-state index contributed by atoms with van der Waals surface area (Å²) in [5.41, 5.74) is 0.423. The molecule has 27 heavy (non-hydrogen) atoms. The van der Waals surface area contributed by atoms with Crippen LogP contribution in [0.2, 0.25) is 0 Å². The van der Waals surface area contributed by atoms with E-state index in [1.165, 1.54) is 15.4 Å². The highest BCUT2D eigenvalue weighted by molar-refractivity contribution is 7.88. The number of aliphatic imine (C=N–C) groups is 1. The summed E-state index contributed by atoms with van der Waals surface area (Å²) in [7, 11) is -1.66. The minimum Gasteiger partial charge on any atom is -0.364 e. The van der Waals surface area contributed by atoms with E-state index in [0.29, 0.717) is 31.9 Å². The molecule has 11 heteroatoms. The Morgan fingerprint density at radius 3 is 2.74 bits per heavy atom. The number of aryl methyl sites for hydroxylation is 1. The fourth-order valence-electron chi connectivity index (χ4n) is 2.90. The van der Waals surface area contributed by atoms with Crippen LogP contribution in [0.15, 0.2) is 28.0 Å². The Balaban J connectivity index is 1.48. The summed E-state index contributed by atoms with van der Waals surface area (Å²) in [6.07, 6.45) is 4.10. The van der Waals surface area contributed by atoms with Crippen LogP contribution in [0.3, 0.4) is 0 Å². The third kappa shape index (κ3) is 5.27. The Bertz CT molecular complexity index is 855. The molecule has 1 fully saturated rings. The minimum atomic E-state index is -3.40. The summed E-state index contributed by atoms with van der Waals surface area (Å²) >= 11 is 1.70. The molecular weight excluding hydrogens is 388 g/mol. The van der Waals surface area contributed by atoms with Crippen LogP contribution in [0.5, 0.6) is 0 Å². The van der Waals surface area contributed by atoms with Gasteiger partial charge in [0.1, 0.15) is 12.0 Å². The number of piperazine rings is 1. The van der Waals surface area contributed by atoms with Crippen LogP contribution in [0.1, 0.15) is 15.6 Å². The number of sulfonamides is 1. The van der Waals surface area contributed by atoms with E-state index < -0.39 is 10.0 Å². The van der Waals surface area contributed by atoms with Gasteiger partial charge >= 0.3 is 0 Å². The van der Waals surface area contributed by atoms with Gasteiger partial charge in [0.15, 0.2) is 5.96 Å². The van der Waals surface area contributed by atoms with Crippen LogP contribution < -0.4 is 5.32 Å². The van der Waals surface area contributed by atoms with Gasteiger partial charge < -0.3 is 14.7 Å². The molecule has 148 valence electrons. The number of guanidine groups is 1. The lowest BCUT2D eigenvalue weighted by Crippen LogP contribution is -2.54. The van der Waals surface area contributed by atoms with E-state index in [1.54, 1.807) is 24.5 Å². The molecule has 3 heterocycles. The van der Waals surface area contributed by atoms with Crippen molar-refractivity contribution in [1.29, 1.82) is 0 Å². The van der Waals surface area contributed by atoms with E-state index in [4.69, 9.17) is 4.52 Å². The zero-order chi connectivity index (χ0) is 19.3. The van der Waals surface area contributed by atoms with E-state index in [9.17, 15) is 8.42 Å². The highest BCUT2D eigenvalue weighted by Gasteiger charge is 2.28. The van der Waals surface area contributed by atoms with Gasteiger partial charge in [-0.3, -0.25) is 4.99 Å². The maximum Gasteiger partial charge on any atom is 0.220 e. The second-order valence-corrected chi connectivity index (χ2v) is 9.51. The van der Waals surface area contributed by atoms with Crippen LogP contribution in [-0.2, 0) is 22.2 Å². The second kappa shape index (κ2) is 8.81. The van der Waals surface area contributed by atoms with Crippen molar-refractivity contribution < 1.29 is 12.9 Å². The number of nitrogens with one attached hydrogen (secondary N) is 1. The topological polar surface area (TPSA) is 104 Å². The molecule has 2 aromatic rings. The Kier molecular flexibility index (Phi) is 6.45. The second-order valence-electron chi connectivity index (χ2n) is 6.22. The van der Waals surface area contributed by atoms with Gasteiger partial charge in [-0.15, -0.1) is 11.3 Å². The zero-order valence-corrected chi connectivity index (χ0v) is 17.1. The molecule has 0 aliphatic carbocycles. The van der Waals surface area contributed by atoms with Crippen molar-refractivity contribution in [2.24, 2.45) is 4.99 Å². The molecule has 9 nitrogen and oxygen atoms in total. The average molecular weight is 413 g/mol. The van der Waals surface area contributed by atoms with E-state index in [0.717, 1.165) is 23.9 Å². The summed E-state index contributed by atoms with van der Waals surface area (Å²) in [6.45, 7) is 4.81. The molecule has 0 radical (unpaired) electrons. The Hall–Kier alpha value is -1.98. The van der Waals surface area contributed by atoms with Gasteiger partial charge in [-0.25, -0.2) is 13.4 Å². The quantitative estimate of drug-likeness (QED) is 0.550. The van der Waals surface area contributed by atoms with Gasteiger partial charge in [0, 0.05) is 63.3 Å². The first-order chi connectivity index (χ1) is 13.0.